The minimum atomic E-state index is -0.890. The van der Waals surface area contributed by atoms with Crippen LogP contribution in [0.4, 0.5) is 10.1 Å². The van der Waals surface area contributed by atoms with Crippen LogP contribution < -0.4 is 10.6 Å². The fourth-order valence-electron chi connectivity index (χ4n) is 1.92. The maximum absolute atomic E-state index is 12.9. The Bertz CT molecular complexity index is 447. The number of halogens is 1. The molecule has 6 heteroatoms. The third-order valence-corrected chi connectivity index (χ3v) is 2.93. The Kier molecular flexibility index (Phi) is 4.47. The summed E-state index contributed by atoms with van der Waals surface area (Å²) in [5.41, 5.74) is -0.478. The highest BCUT2D eigenvalue weighted by Crippen LogP contribution is 2.16. The number of carbonyl (C=O) groups excluding carboxylic acids is 1. The summed E-state index contributed by atoms with van der Waals surface area (Å²) in [6, 6.07) is 5.69. The highest BCUT2D eigenvalue weighted by atomic mass is 19.1. The molecule has 0 spiro atoms. The van der Waals surface area contributed by atoms with Gasteiger partial charge in [0, 0.05) is 25.3 Å². The number of anilines is 1. The van der Waals surface area contributed by atoms with E-state index in [4.69, 9.17) is 4.74 Å². The fraction of sp³-hybridized carbons (Fsp3) is 0.462. The highest BCUT2D eigenvalue weighted by Gasteiger charge is 2.31. The second-order valence-corrected chi connectivity index (χ2v) is 4.69. The predicted octanol–water partition coefficient (Wildman–Crippen LogP) is 0.505. The van der Waals surface area contributed by atoms with Crippen LogP contribution in [0.25, 0.3) is 0 Å². The molecule has 1 unspecified atom stereocenters. The van der Waals surface area contributed by atoms with Gasteiger partial charge in [-0.3, -0.25) is 4.79 Å². The van der Waals surface area contributed by atoms with Gasteiger partial charge in [0.05, 0.1) is 13.2 Å². The van der Waals surface area contributed by atoms with Crippen LogP contribution in [0.5, 0.6) is 0 Å². The van der Waals surface area contributed by atoms with Gasteiger partial charge in [-0.05, 0) is 18.2 Å². The molecule has 0 aliphatic carbocycles. The van der Waals surface area contributed by atoms with Crippen LogP contribution in [-0.4, -0.2) is 42.9 Å². The first-order chi connectivity index (χ1) is 9.07. The van der Waals surface area contributed by atoms with Gasteiger partial charge in [-0.25, -0.2) is 4.39 Å². The molecule has 0 aromatic heterocycles. The molecule has 5 nitrogen and oxygen atoms in total. The van der Waals surface area contributed by atoms with Gasteiger partial charge >= 0.3 is 0 Å². The number of hydrogen-bond donors (Lipinski definition) is 3. The fourth-order valence-corrected chi connectivity index (χ4v) is 1.92. The van der Waals surface area contributed by atoms with Gasteiger partial charge in [0.1, 0.15) is 11.4 Å². The number of nitrogens with one attached hydrogen (secondary N) is 2. The second kappa shape index (κ2) is 6.10. The number of benzene rings is 1. The van der Waals surface area contributed by atoms with Crippen LogP contribution in [-0.2, 0) is 9.53 Å². The summed E-state index contributed by atoms with van der Waals surface area (Å²) in [6.07, 6.45) is 0.561. The molecule has 19 heavy (non-hydrogen) atoms. The van der Waals surface area contributed by atoms with E-state index in [0.29, 0.717) is 25.3 Å². The monoisotopic (exact) mass is 268 g/mol. The van der Waals surface area contributed by atoms with E-state index in [2.05, 4.69) is 10.6 Å². The van der Waals surface area contributed by atoms with Crippen molar-refractivity contribution in [2.45, 2.75) is 12.0 Å². The van der Waals surface area contributed by atoms with E-state index in [-0.39, 0.29) is 19.1 Å². The standard InChI is InChI=1S/C13H17FN2O3/c14-10-2-1-3-11(6-10)16-12(17)7-15-8-13(18)4-5-19-9-13/h1-3,6,15,18H,4-5,7-9H2,(H,16,17). The molecule has 3 N–H and O–H groups in total. The molecule has 1 heterocycles. The number of aliphatic hydroxyl groups is 1. The average Bonchev–Trinajstić information content (AvgIpc) is 2.76. The van der Waals surface area contributed by atoms with Gasteiger partial charge < -0.3 is 20.5 Å². The SMILES string of the molecule is O=C(CNCC1(O)CCOC1)Nc1cccc(F)c1. The van der Waals surface area contributed by atoms with Crippen molar-refractivity contribution >= 4 is 11.6 Å². The predicted molar refractivity (Wildman–Crippen MR) is 68.3 cm³/mol. The van der Waals surface area contributed by atoms with Crippen molar-refractivity contribution < 1.29 is 19.0 Å². The third kappa shape index (κ3) is 4.27. The first-order valence-corrected chi connectivity index (χ1v) is 6.14. The molecule has 104 valence electrons. The summed E-state index contributed by atoms with van der Waals surface area (Å²) in [5.74, 6) is -0.684. The van der Waals surface area contributed by atoms with Gasteiger partial charge in [0.25, 0.3) is 0 Å². The summed E-state index contributed by atoms with van der Waals surface area (Å²) in [5, 5.41) is 15.4. The number of amides is 1. The zero-order valence-corrected chi connectivity index (χ0v) is 10.5. The second-order valence-electron chi connectivity index (χ2n) is 4.69. The Morgan fingerprint density at radius 3 is 3.05 bits per heavy atom. The number of carbonyl (C=O) groups is 1. The smallest absolute Gasteiger partial charge is 0.238 e. The summed E-state index contributed by atoms with van der Waals surface area (Å²) in [7, 11) is 0. The van der Waals surface area contributed by atoms with E-state index in [9.17, 15) is 14.3 Å². The molecule has 0 saturated carbocycles. The van der Waals surface area contributed by atoms with Crippen LogP contribution in [0.15, 0.2) is 24.3 Å². The Balaban J connectivity index is 1.73. The van der Waals surface area contributed by atoms with Crippen LogP contribution in [0.2, 0.25) is 0 Å². The van der Waals surface area contributed by atoms with E-state index < -0.39 is 11.4 Å². The molecule has 1 saturated heterocycles. The zero-order chi connectivity index (χ0) is 13.7. The highest BCUT2D eigenvalue weighted by molar-refractivity contribution is 5.92. The molecule has 1 aromatic carbocycles. The third-order valence-electron chi connectivity index (χ3n) is 2.93. The molecule has 1 fully saturated rings. The van der Waals surface area contributed by atoms with Gasteiger partial charge in [-0.1, -0.05) is 6.07 Å². The number of rotatable bonds is 5. The van der Waals surface area contributed by atoms with Crippen molar-refractivity contribution in [1.29, 1.82) is 0 Å². The molecule has 2 rings (SSSR count). The van der Waals surface area contributed by atoms with Crippen LogP contribution in [0.3, 0.4) is 0 Å². The first-order valence-electron chi connectivity index (χ1n) is 6.14. The molecule has 1 amide bonds. The van der Waals surface area contributed by atoms with Crippen LogP contribution in [0.1, 0.15) is 6.42 Å². The van der Waals surface area contributed by atoms with Crippen LogP contribution in [0, 0.1) is 5.82 Å². The molecular weight excluding hydrogens is 251 g/mol. The zero-order valence-electron chi connectivity index (χ0n) is 10.5. The molecule has 1 aliphatic rings. The Morgan fingerprint density at radius 2 is 2.37 bits per heavy atom. The summed E-state index contributed by atoms with van der Waals surface area (Å²) >= 11 is 0. The maximum atomic E-state index is 12.9. The maximum Gasteiger partial charge on any atom is 0.238 e. The van der Waals surface area contributed by atoms with E-state index in [0.717, 1.165) is 0 Å². The van der Waals surface area contributed by atoms with Crippen molar-refractivity contribution in [2.24, 2.45) is 0 Å². The Morgan fingerprint density at radius 1 is 1.53 bits per heavy atom. The van der Waals surface area contributed by atoms with Crippen molar-refractivity contribution in [2.75, 3.05) is 31.6 Å². The van der Waals surface area contributed by atoms with Gasteiger partial charge in [0.2, 0.25) is 5.91 Å². The van der Waals surface area contributed by atoms with E-state index in [1.807, 2.05) is 0 Å². The van der Waals surface area contributed by atoms with Crippen molar-refractivity contribution in [3.05, 3.63) is 30.1 Å². The lowest BCUT2D eigenvalue weighted by Crippen LogP contribution is -2.43. The lowest BCUT2D eigenvalue weighted by molar-refractivity contribution is -0.115. The van der Waals surface area contributed by atoms with Crippen LogP contribution >= 0.6 is 0 Å². The molecule has 1 aliphatic heterocycles. The number of hydrogen-bond acceptors (Lipinski definition) is 4. The Labute approximate surface area is 110 Å². The summed E-state index contributed by atoms with van der Waals surface area (Å²) in [4.78, 5) is 11.6. The van der Waals surface area contributed by atoms with Gasteiger partial charge in [-0.15, -0.1) is 0 Å². The quantitative estimate of drug-likeness (QED) is 0.727. The minimum absolute atomic E-state index is 0.0544. The van der Waals surface area contributed by atoms with Crippen molar-refractivity contribution in [3.63, 3.8) is 0 Å². The molecule has 1 aromatic rings. The lowest BCUT2D eigenvalue weighted by atomic mass is 10.0. The number of ether oxygens (including phenoxy) is 1. The molecular formula is C13H17FN2O3. The normalized spacial score (nSPS) is 22.4. The lowest BCUT2D eigenvalue weighted by Gasteiger charge is -2.20. The van der Waals surface area contributed by atoms with Crippen molar-refractivity contribution in [3.8, 4) is 0 Å². The van der Waals surface area contributed by atoms with E-state index in [1.54, 1.807) is 6.07 Å². The van der Waals surface area contributed by atoms with E-state index in [1.165, 1.54) is 18.2 Å². The first kappa shape index (κ1) is 13.9. The molecule has 0 bridgehead atoms. The van der Waals surface area contributed by atoms with E-state index >= 15 is 0 Å². The topological polar surface area (TPSA) is 70.6 Å². The summed E-state index contributed by atoms with van der Waals surface area (Å²) in [6.45, 7) is 1.17. The van der Waals surface area contributed by atoms with Gasteiger partial charge in [0.15, 0.2) is 0 Å². The largest absolute Gasteiger partial charge is 0.386 e. The average molecular weight is 268 g/mol. The Hall–Kier alpha value is -1.50. The van der Waals surface area contributed by atoms with Gasteiger partial charge in [-0.2, -0.15) is 0 Å². The molecule has 1 atom stereocenters. The van der Waals surface area contributed by atoms with Crippen molar-refractivity contribution in [1.82, 2.24) is 5.32 Å². The summed E-state index contributed by atoms with van der Waals surface area (Å²) < 4.78 is 18.0. The minimum Gasteiger partial charge on any atom is -0.386 e. The molecule has 0 radical (unpaired) electrons.